The Balaban J connectivity index is 1.82. The Hall–Kier alpha value is -3.02. The first-order valence-corrected chi connectivity index (χ1v) is 8.69. The molecule has 6 heteroatoms. The predicted octanol–water partition coefficient (Wildman–Crippen LogP) is 4.01. The normalized spacial score (nSPS) is 10.5. The minimum atomic E-state index is -0.455. The summed E-state index contributed by atoms with van der Waals surface area (Å²) in [5, 5.41) is 19.5. The maximum Gasteiger partial charge on any atom is 0.311 e. The van der Waals surface area contributed by atoms with Crippen LogP contribution in [-0.2, 0) is 9.59 Å². The molecule has 0 heterocycles. The Bertz CT molecular complexity index is 751. The molecule has 0 spiro atoms. The minimum absolute atomic E-state index is 0.0711. The predicted molar refractivity (Wildman–Crippen MR) is 100 cm³/mol. The van der Waals surface area contributed by atoms with Gasteiger partial charge in [-0.25, -0.2) is 0 Å². The van der Waals surface area contributed by atoms with Gasteiger partial charge in [0.25, 0.3) is 0 Å². The van der Waals surface area contributed by atoms with E-state index >= 15 is 0 Å². The largest absolute Gasteiger partial charge is 0.507 e. The quantitative estimate of drug-likeness (QED) is 0.588. The van der Waals surface area contributed by atoms with Gasteiger partial charge in [-0.15, -0.1) is 0 Å². The van der Waals surface area contributed by atoms with E-state index in [4.69, 9.17) is 9.47 Å². The molecule has 0 aliphatic heterocycles. The van der Waals surface area contributed by atoms with E-state index in [0.29, 0.717) is 40.2 Å². The van der Waals surface area contributed by atoms with Crippen molar-refractivity contribution in [3.05, 3.63) is 46.5 Å². The maximum atomic E-state index is 11.9. The van der Waals surface area contributed by atoms with Crippen LogP contribution >= 0.6 is 0 Å². The van der Waals surface area contributed by atoms with Crippen LogP contribution in [0.25, 0.3) is 0 Å². The molecule has 0 aromatic heterocycles. The number of carbonyl (C=O) groups is 2. The highest BCUT2D eigenvalue weighted by Crippen LogP contribution is 2.28. The van der Waals surface area contributed by atoms with Crippen LogP contribution in [0.15, 0.2) is 24.3 Å². The van der Waals surface area contributed by atoms with Crippen LogP contribution in [0.4, 0.5) is 0 Å². The minimum Gasteiger partial charge on any atom is -0.507 e. The number of rotatable bonds is 6. The van der Waals surface area contributed by atoms with Gasteiger partial charge in [-0.05, 0) is 80.6 Å². The molecular formula is C21H24O6. The number of phenolic OH excluding ortho intramolecular Hbond substituents is 2. The molecule has 27 heavy (non-hydrogen) atoms. The van der Waals surface area contributed by atoms with Crippen LogP contribution in [0.2, 0.25) is 0 Å². The number of aromatic hydroxyl groups is 2. The molecule has 0 atom stereocenters. The highest BCUT2D eigenvalue weighted by atomic mass is 16.5. The van der Waals surface area contributed by atoms with Crippen LogP contribution in [-0.4, -0.2) is 22.2 Å². The second-order valence-corrected chi connectivity index (χ2v) is 6.61. The number of phenols is 2. The van der Waals surface area contributed by atoms with Crippen LogP contribution in [0, 0.1) is 27.7 Å². The molecule has 2 N–H and O–H groups in total. The van der Waals surface area contributed by atoms with Gasteiger partial charge in [-0.1, -0.05) is 0 Å². The van der Waals surface area contributed by atoms with E-state index in [9.17, 15) is 19.8 Å². The lowest BCUT2D eigenvalue weighted by molar-refractivity contribution is -0.136. The van der Waals surface area contributed by atoms with E-state index in [1.165, 1.54) is 0 Å². The first-order chi connectivity index (χ1) is 12.7. The fourth-order valence-corrected chi connectivity index (χ4v) is 2.69. The summed E-state index contributed by atoms with van der Waals surface area (Å²) < 4.78 is 10.5. The average molecular weight is 372 g/mol. The van der Waals surface area contributed by atoms with Crippen molar-refractivity contribution in [3.63, 3.8) is 0 Å². The fraction of sp³-hybridized carbons (Fsp3) is 0.333. The number of hydrogen-bond acceptors (Lipinski definition) is 6. The Kier molecular flexibility index (Phi) is 6.45. The Morgan fingerprint density at radius 3 is 1.30 bits per heavy atom. The topological polar surface area (TPSA) is 93.1 Å². The second kappa shape index (κ2) is 8.58. The van der Waals surface area contributed by atoms with Crippen molar-refractivity contribution in [1.29, 1.82) is 0 Å². The van der Waals surface area contributed by atoms with E-state index in [0.717, 1.165) is 0 Å². The number of aryl methyl sites for hydroxylation is 4. The van der Waals surface area contributed by atoms with Gasteiger partial charge in [0.1, 0.15) is 23.0 Å². The number of benzene rings is 2. The summed E-state index contributed by atoms with van der Waals surface area (Å²) in [5.41, 5.74) is 2.50. The molecule has 0 amide bonds. The van der Waals surface area contributed by atoms with E-state index in [1.807, 2.05) is 0 Å². The molecule has 0 radical (unpaired) electrons. The van der Waals surface area contributed by atoms with Crippen molar-refractivity contribution in [2.45, 2.75) is 47.0 Å². The van der Waals surface area contributed by atoms with Crippen molar-refractivity contribution in [3.8, 4) is 23.0 Å². The zero-order valence-electron chi connectivity index (χ0n) is 16.0. The molecule has 0 fully saturated rings. The highest BCUT2D eigenvalue weighted by Gasteiger charge is 2.12. The third-order valence-electron chi connectivity index (χ3n) is 4.15. The van der Waals surface area contributed by atoms with Gasteiger partial charge in [0.15, 0.2) is 0 Å². The van der Waals surface area contributed by atoms with Crippen molar-refractivity contribution in [2.24, 2.45) is 0 Å². The van der Waals surface area contributed by atoms with Gasteiger partial charge in [-0.2, -0.15) is 0 Å². The van der Waals surface area contributed by atoms with Gasteiger partial charge in [0.2, 0.25) is 0 Å². The second-order valence-electron chi connectivity index (χ2n) is 6.61. The number of carbonyl (C=O) groups excluding carboxylic acids is 2. The lowest BCUT2D eigenvalue weighted by atomic mass is 10.1. The molecule has 2 aromatic rings. The lowest BCUT2D eigenvalue weighted by Crippen LogP contribution is -2.12. The Labute approximate surface area is 158 Å². The molecule has 0 aliphatic rings. The number of hydrogen-bond donors (Lipinski definition) is 2. The highest BCUT2D eigenvalue weighted by molar-refractivity contribution is 5.75. The molecule has 0 saturated carbocycles. The summed E-state index contributed by atoms with van der Waals surface area (Å²) in [5.74, 6) is 0.178. The van der Waals surface area contributed by atoms with Gasteiger partial charge in [0, 0.05) is 12.8 Å². The summed E-state index contributed by atoms with van der Waals surface area (Å²) in [6, 6.07) is 6.35. The molecule has 0 aliphatic carbocycles. The molecule has 0 bridgehead atoms. The van der Waals surface area contributed by atoms with Gasteiger partial charge < -0.3 is 19.7 Å². The molecule has 144 valence electrons. The van der Waals surface area contributed by atoms with E-state index in [2.05, 4.69) is 0 Å². The number of ether oxygens (including phenoxy) is 2. The third kappa shape index (κ3) is 5.48. The fourth-order valence-electron chi connectivity index (χ4n) is 2.69. The summed E-state index contributed by atoms with van der Waals surface area (Å²) in [6.45, 7) is 6.90. The first kappa shape index (κ1) is 20.3. The zero-order chi connectivity index (χ0) is 20.1. The molecule has 2 aromatic carbocycles. The molecule has 0 unspecified atom stereocenters. The van der Waals surface area contributed by atoms with Crippen LogP contribution < -0.4 is 9.47 Å². The molecule has 0 saturated heterocycles. The summed E-state index contributed by atoms with van der Waals surface area (Å²) in [6.07, 6.45) is 0.438. The van der Waals surface area contributed by atoms with Crippen molar-refractivity contribution in [2.75, 3.05) is 0 Å². The third-order valence-corrected chi connectivity index (χ3v) is 4.15. The Morgan fingerprint density at radius 1 is 0.704 bits per heavy atom. The standard InChI is InChI=1S/C21H24O6/c1-12-8-16(9-13(2)20(12)24)26-18(22)6-5-7-19(23)27-17-10-14(3)21(25)15(4)11-17/h8-11,24-25H,5-7H2,1-4H3. The first-order valence-electron chi connectivity index (χ1n) is 8.69. The van der Waals surface area contributed by atoms with Crippen molar-refractivity contribution < 1.29 is 29.3 Å². The smallest absolute Gasteiger partial charge is 0.311 e. The van der Waals surface area contributed by atoms with E-state index < -0.39 is 11.9 Å². The summed E-state index contributed by atoms with van der Waals surface area (Å²) in [4.78, 5) is 23.8. The van der Waals surface area contributed by atoms with Crippen LogP contribution in [0.3, 0.4) is 0 Å². The van der Waals surface area contributed by atoms with Gasteiger partial charge in [-0.3, -0.25) is 9.59 Å². The van der Waals surface area contributed by atoms with E-state index in [-0.39, 0.29) is 24.3 Å². The van der Waals surface area contributed by atoms with Crippen LogP contribution in [0.1, 0.15) is 41.5 Å². The summed E-state index contributed by atoms with van der Waals surface area (Å²) in [7, 11) is 0. The molecule has 2 rings (SSSR count). The average Bonchev–Trinajstić information content (AvgIpc) is 2.57. The van der Waals surface area contributed by atoms with Crippen LogP contribution in [0.5, 0.6) is 23.0 Å². The summed E-state index contributed by atoms with van der Waals surface area (Å²) >= 11 is 0. The lowest BCUT2D eigenvalue weighted by Gasteiger charge is -2.09. The van der Waals surface area contributed by atoms with Gasteiger partial charge >= 0.3 is 11.9 Å². The molecule has 6 nitrogen and oxygen atoms in total. The maximum absolute atomic E-state index is 11.9. The van der Waals surface area contributed by atoms with Crippen molar-refractivity contribution in [1.82, 2.24) is 0 Å². The van der Waals surface area contributed by atoms with Crippen molar-refractivity contribution >= 4 is 11.9 Å². The monoisotopic (exact) mass is 372 g/mol. The SMILES string of the molecule is Cc1cc(OC(=O)CCCC(=O)Oc2cc(C)c(O)c(C)c2)cc(C)c1O. The molecular weight excluding hydrogens is 348 g/mol. The zero-order valence-corrected chi connectivity index (χ0v) is 16.0. The number of esters is 2. The Morgan fingerprint density at radius 2 is 1.00 bits per heavy atom. The van der Waals surface area contributed by atoms with E-state index in [1.54, 1.807) is 52.0 Å². The van der Waals surface area contributed by atoms with Gasteiger partial charge in [0.05, 0.1) is 0 Å².